The summed E-state index contributed by atoms with van der Waals surface area (Å²) in [5, 5.41) is 3.70. The van der Waals surface area contributed by atoms with Crippen molar-refractivity contribution in [2.45, 2.75) is 25.4 Å². The summed E-state index contributed by atoms with van der Waals surface area (Å²) in [4.78, 5) is 31.9. The Morgan fingerprint density at radius 3 is 2.20 bits per heavy atom. The van der Waals surface area contributed by atoms with E-state index in [1.807, 2.05) is 49.4 Å². The molecule has 1 unspecified atom stereocenters. The van der Waals surface area contributed by atoms with Gasteiger partial charge in [-0.1, -0.05) is 61.0 Å². The highest BCUT2D eigenvalue weighted by Gasteiger charge is 2.51. The molecule has 30 heavy (non-hydrogen) atoms. The predicted molar refractivity (Wildman–Crippen MR) is 117 cm³/mol. The number of benzene rings is 2. The SMILES string of the molecule is CCC1(c2ccccc2)NC(=O)N(CN2CCN(Cc3ccc(Cl)cc3)CC2)C1=O. The van der Waals surface area contributed by atoms with Gasteiger partial charge in [0.15, 0.2) is 0 Å². The zero-order chi connectivity index (χ0) is 21.1. The van der Waals surface area contributed by atoms with E-state index in [0.717, 1.165) is 43.3 Å². The van der Waals surface area contributed by atoms with Gasteiger partial charge >= 0.3 is 6.03 Å². The number of rotatable bonds is 6. The Morgan fingerprint density at radius 2 is 1.57 bits per heavy atom. The lowest BCUT2D eigenvalue weighted by atomic mass is 9.87. The van der Waals surface area contributed by atoms with Gasteiger partial charge in [-0.25, -0.2) is 9.69 Å². The van der Waals surface area contributed by atoms with Crippen LogP contribution in [-0.2, 0) is 16.9 Å². The van der Waals surface area contributed by atoms with Crippen molar-refractivity contribution < 1.29 is 9.59 Å². The summed E-state index contributed by atoms with van der Waals surface area (Å²) in [6, 6.07) is 17.1. The van der Waals surface area contributed by atoms with Gasteiger partial charge in [0.2, 0.25) is 0 Å². The molecule has 2 aliphatic rings. The summed E-state index contributed by atoms with van der Waals surface area (Å²) in [5.41, 5.74) is 1.10. The molecule has 7 heteroatoms. The molecule has 2 heterocycles. The fraction of sp³-hybridized carbons (Fsp3) is 0.391. The van der Waals surface area contributed by atoms with Crippen LogP contribution in [0.25, 0.3) is 0 Å². The van der Waals surface area contributed by atoms with E-state index in [1.54, 1.807) is 0 Å². The highest BCUT2D eigenvalue weighted by Crippen LogP contribution is 2.32. The van der Waals surface area contributed by atoms with Crippen LogP contribution in [0.3, 0.4) is 0 Å². The number of carbonyl (C=O) groups excluding carboxylic acids is 2. The lowest BCUT2D eigenvalue weighted by Crippen LogP contribution is -2.51. The maximum Gasteiger partial charge on any atom is 0.326 e. The highest BCUT2D eigenvalue weighted by atomic mass is 35.5. The van der Waals surface area contributed by atoms with Gasteiger partial charge in [0, 0.05) is 37.7 Å². The average Bonchev–Trinajstić information content (AvgIpc) is 3.02. The van der Waals surface area contributed by atoms with E-state index >= 15 is 0 Å². The van der Waals surface area contributed by atoms with Crippen LogP contribution < -0.4 is 5.32 Å². The molecule has 2 aliphatic heterocycles. The molecule has 158 valence electrons. The molecular weight excluding hydrogens is 400 g/mol. The summed E-state index contributed by atoms with van der Waals surface area (Å²) >= 11 is 5.96. The third kappa shape index (κ3) is 4.08. The molecule has 0 aliphatic carbocycles. The Balaban J connectivity index is 1.36. The van der Waals surface area contributed by atoms with Gasteiger partial charge in [0.25, 0.3) is 5.91 Å². The van der Waals surface area contributed by atoms with Crippen molar-refractivity contribution in [3.05, 3.63) is 70.7 Å². The standard InChI is InChI=1S/C23H27ClN4O2/c1-2-23(19-6-4-3-5-7-19)21(29)28(22(30)25-23)17-27-14-12-26(13-15-27)16-18-8-10-20(24)11-9-18/h3-11H,2,12-17H2,1H3,(H,25,30). The van der Waals surface area contributed by atoms with Crippen molar-refractivity contribution in [2.24, 2.45) is 0 Å². The van der Waals surface area contributed by atoms with Crippen LogP contribution in [0, 0.1) is 0 Å². The minimum Gasteiger partial charge on any atom is -0.319 e. The molecule has 0 aromatic heterocycles. The van der Waals surface area contributed by atoms with Gasteiger partial charge in [-0.2, -0.15) is 0 Å². The first-order valence-electron chi connectivity index (χ1n) is 10.4. The number of nitrogens with zero attached hydrogens (tertiary/aromatic N) is 3. The third-order valence-electron chi connectivity index (χ3n) is 6.10. The number of amides is 3. The van der Waals surface area contributed by atoms with Crippen LogP contribution in [0.2, 0.25) is 5.02 Å². The molecule has 1 atom stereocenters. The van der Waals surface area contributed by atoms with Crippen molar-refractivity contribution in [2.75, 3.05) is 32.8 Å². The van der Waals surface area contributed by atoms with Crippen molar-refractivity contribution >= 4 is 23.5 Å². The van der Waals surface area contributed by atoms with Gasteiger partial charge < -0.3 is 5.32 Å². The van der Waals surface area contributed by atoms with Crippen LogP contribution in [0.5, 0.6) is 0 Å². The monoisotopic (exact) mass is 426 g/mol. The molecule has 0 spiro atoms. The van der Waals surface area contributed by atoms with Gasteiger partial charge in [-0.3, -0.25) is 14.6 Å². The number of nitrogens with one attached hydrogen (secondary N) is 1. The molecule has 3 amide bonds. The van der Waals surface area contributed by atoms with Gasteiger partial charge in [-0.15, -0.1) is 0 Å². The van der Waals surface area contributed by atoms with Gasteiger partial charge in [-0.05, 0) is 29.7 Å². The Morgan fingerprint density at radius 1 is 0.933 bits per heavy atom. The van der Waals surface area contributed by atoms with Crippen molar-refractivity contribution in [3.63, 3.8) is 0 Å². The minimum absolute atomic E-state index is 0.162. The Bertz CT molecular complexity index is 897. The zero-order valence-corrected chi connectivity index (χ0v) is 17.9. The van der Waals surface area contributed by atoms with Crippen molar-refractivity contribution in [1.29, 1.82) is 0 Å². The molecule has 2 aromatic carbocycles. The van der Waals surface area contributed by atoms with Crippen LogP contribution in [-0.4, -0.2) is 59.5 Å². The lowest BCUT2D eigenvalue weighted by molar-refractivity contribution is -0.133. The number of piperazine rings is 1. The number of imide groups is 1. The van der Waals surface area contributed by atoms with E-state index < -0.39 is 5.54 Å². The molecule has 2 fully saturated rings. The van der Waals surface area contributed by atoms with Crippen LogP contribution >= 0.6 is 11.6 Å². The van der Waals surface area contributed by atoms with E-state index in [1.165, 1.54) is 10.5 Å². The normalized spacial score (nSPS) is 23.1. The Kier molecular flexibility index (Phi) is 6.09. The fourth-order valence-electron chi connectivity index (χ4n) is 4.25. The summed E-state index contributed by atoms with van der Waals surface area (Å²) in [6.45, 7) is 6.55. The average molecular weight is 427 g/mol. The van der Waals surface area contributed by atoms with Gasteiger partial charge in [0.1, 0.15) is 5.54 Å². The minimum atomic E-state index is -0.964. The Labute approximate surface area is 182 Å². The summed E-state index contributed by atoms with van der Waals surface area (Å²) in [7, 11) is 0. The quantitative estimate of drug-likeness (QED) is 0.720. The number of carbonyl (C=O) groups is 2. The molecule has 1 N–H and O–H groups in total. The first-order chi connectivity index (χ1) is 14.5. The zero-order valence-electron chi connectivity index (χ0n) is 17.2. The first kappa shape index (κ1) is 20.8. The van der Waals surface area contributed by atoms with E-state index in [0.29, 0.717) is 13.1 Å². The smallest absolute Gasteiger partial charge is 0.319 e. The number of hydrogen-bond donors (Lipinski definition) is 1. The maximum atomic E-state index is 13.3. The number of halogens is 1. The third-order valence-corrected chi connectivity index (χ3v) is 6.35. The predicted octanol–water partition coefficient (Wildman–Crippen LogP) is 3.27. The van der Waals surface area contributed by atoms with Crippen LogP contribution in [0.15, 0.2) is 54.6 Å². The van der Waals surface area contributed by atoms with Gasteiger partial charge in [0.05, 0.1) is 6.67 Å². The molecule has 0 radical (unpaired) electrons. The second-order valence-electron chi connectivity index (χ2n) is 7.95. The number of hydrogen-bond acceptors (Lipinski definition) is 4. The molecular formula is C23H27ClN4O2. The fourth-order valence-corrected chi connectivity index (χ4v) is 4.38. The topological polar surface area (TPSA) is 55.9 Å². The largest absolute Gasteiger partial charge is 0.326 e. The van der Waals surface area contributed by atoms with E-state index in [9.17, 15) is 9.59 Å². The molecule has 4 rings (SSSR count). The first-order valence-corrected chi connectivity index (χ1v) is 10.8. The lowest BCUT2D eigenvalue weighted by Gasteiger charge is -2.36. The molecule has 2 saturated heterocycles. The van der Waals surface area contributed by atoms with Crippen molar-refractivity contribution in [3.8, 4) is 0 Å². The summed E-state index contributed by atoms with van der Waals surface area (Å²) in [5.74, 6) is -0.162. The van der Waals surface area contributed by atoms with Crippen molar-refractivity contribution in [1.82, 2.24) is 20.0 Å². The summed E-state index contributed by atoms with van der Waals surface area (Å²) in [6.07, 6.45) is 0.521. The summed E-state index contributed by atoms with van der Waals surface area (Å²) < 4.78 is 0. The second-order valence-corrected chi connectivity index (χ2v) is 8.39. The Hall–Kier alpha value is -2.41. The molecule has 0 bridgehead atoms. The molecule has 2 aromatic rings. The maximum absolute atomic E-state index is 13.3. The van der Waals surface area contributed by atoms with E-state index in [-0.39, 0.29) is 11.9 Å². The molecule has 0 saturated carbocycles. The van der Waals surface area contributed by atoms with Crippen LogP contribution in [0.4, 0.5) is 4.79 Å². The molecule has 6 nitrogen and oxygen atoms in total. The highest BCUT2D eigenvalue weighted by molar-refractivity contribution is 6.30. The number of urea groups is 1. The second kappa shape index (κ2) is 8.76. The van der Waals surface area contributed by atoms with Crippen LogP contribution in [0.1, 0.15) is 24.5 Å². The van der Waals surface area contributed by atoms with E-state index in [2.05, 4.69) is 27.2 Å². The van der Waals surface area contributed by atoms with E-state index in [4.69, 9.17) is 11.6 Å².